The van der Waals surface area contributed by atoms with E-state index in [-0.39, 0.29) is 6.61 Å². The van der Waals surface area contributed by atoms with Gasteiger partial charge in [0.15, 0.2) is 5.13 Å². The smallest absolute Gasteiger partial charge is 0.186 e. The molecule has 0 unspecified atom stereocenters. The molecule has 1 fully saturated rings. The van der Waals surface area contributed by atoms with Crippen molar-refractivity contribution in [1.82, 2.24) is 10.3 Å². The van der Waals surface area contributed by atoms with Crippen molar-refractivity contribution < 1.29 is 5.11 Å². The van der Waals surface area contributed by atoms with E-state index >= 15 is 0 Å². The third-order valence-electron chi connectivity index (χ3n) is 4.99. The molecule has 0 bridgehead atoms. The number of thiazole rings is 1. The van der Waals surface area contributed by atoms with Crippen LogP contribution in [0, 0.1) is 11.8 Å². The minimum Gasteiger partial charge on any atom is -0.395 e. The first-order chi connectivity index (χ1) is 13.8. The number of nitrogens with zero attached hydrogens (tertiary/aromatic N) is 2. The van der Waals surface area contributed by atoms with Crippen LogP contribution in [0.5, 0.6) is 0 Å². The third kappa shape index (κ3) is 4.71. The van der Waals surface area contributed by atoms with Gasteiger partial charge in [-0.2, -0.15) is 0 Å². The van der Waals surface area contributed by atoms with Crippen molar-refractivity contribution in [2.24, 2.45) is 0 Å². The minimum atomic E-state index is 0.116. The number of piperidine rings is 1. The highest BCUT2D eigenvalue weighted by atomic mass is 32.1. The number of aromatic nitrogens is 1. The van der Waals surface area contributed by atoms with Gasteiger partial charge >= 0.3 is 0 Å². The van der Waals surface area contributed by atoms with Gasteiger partial charge in [-0.15, -0.1) is 0 Å². The number of hydrogen-bond acceptors (Lipinski definition) is 5. The summed E-state index contributed by atoms with van der Waals surface area (Å²) in [6.45, 7) is 3.07. The molecule has 3 aromatic rings. The molecule has 1 aliphatic rings. The van der Waals surface area contributed by atoms with E-state index in [1.54, 1.807) is 11.3 Å². The Kier molecular flexibility index (Phi) is 6.23. The summed E-state index contributed by atoms with van der Waals surface area (Å²) >= 11 is 1.79. The van der Waals surface area contributed by atoms with Gasteiger partial charge in [0.25, 0.3) is 0 Å². The number of anilines is 1. The second-order valence-electron chi connectivity index (χ2n) is 7.10. The van der Waals surface area contributed by atoms with Crippen molar-refractivity contribution >= 4 is 26.7 Å². The minimum absolute atomic E-state index is 0.116. The number of rotatable bonds is 5. The summed E-state index contributed by atoms with van der Waals surface area (Å²) in [5.74, 6) is 6.03. The molecule has 0 saturated carbocycles. The number of para-hydroxylation sites is 1. The van der Waals surface area contributed by atoms with Crippen LogP contribution in [0.3, 0.4) is 0 Å². The first-order valence-electron chi connectivity index (χ1n) is 9.84. The lowest BCUT2D eigenvalue weighted by atomic mass is 10.1. The summed E-state index contributed by atoms with van der Waals surface area (Å²) < 4.78 is 1.26. The summed E-state index contributed by atoms with van der Waals surface area (Å²) in [4.78, 5) is 7.24. The lowest BCUT2D eigenvalue weighted by Crippen LogP contribution is -2.45. The van der Waals surface area contributed by atoms with Crippen molar-refractivity contribution in [3.8, 4) is 11.8 Å². The lowest BCUT2D eigenvalue weighted by Gasteiger charge is -2.33. The van der Waals surface area contributed by atoms with Gasteiger partial charge in [0, 0.05) is 37.7 Å². The van der Waals surface area contributed by atoms with Gasteiger partial charge in [-0.3, -0.25) is 0 Å². The van der Waals surface area contributed by atoms with Gasteiger partial charge < -0.3 is 15.3 Å². The monoisotopic (exact) mass is 391 g/mol. The molecule has 0 amide bonds. The predicted octanol–water partition coefficient (Wildman–Crippen LogP) is 3.79. The van der Waals surface area contributed by atoms with Crippen LogP contribution >= 0.6 is 11.3 Å². The normalized spacial score (nSPS) is 16.8. The number of hydrogen-bond donors (Lipinski definition) is 2. The number of aliphatic hydroxyl groups excluding tert-OH is 1. The van der Waals surface area contributed by atoms with E-state index < -0.39 is 0 Å². The molecule has 28 heavy (non-hydrogen) atoms. The summed E-state index contributed by atoms with van der Waals surface area (Å²) in [6.07, 6.45) is 2.91. The number of benzene rings is 2. The largest absolute Gasteiger partial charge is 0.395 e. The van der Waals surface area contributed by atoms with Crippen molar-refractivity contribution in [3.63, 3.8) is 0 Å². The Morgan fingerprint density at radius 2 is 2.04 bits per heavy atom. The third-order valence-corrected chi connectivity index (χ3v) is 6.09. The van der Waals surface area contributed by atoms with E-state index in [9.17, 15) is 0 Å². The molecule has 4 rings (SSSR count). The molecule has 1 atom stereocenters. The Morgan fingerprint density at radius 3 is 2.86 bits per heavy atom. The molecular formula is C23H25N3OS. The van der Waals surface area contributed by atoms with Crippen molar-refractivity contribution in [2.45, 2.75) is 31.8 Å². The summed E-state index contributed by atoms with van der Waals surface area (Å²) in [5, 5.41) is 13.6. The zero-order valence-corrected chi connectivity index (χ0v) is 16.7. The molecule has 2 heterocycles. The fraction of sp³-hybridized carbons (Fsp3) is 0.348. The van der Waals surface area contributed by atoms with Crippen LogP contribution in [0.4, 0.5) is 5.13 Å². The number of fused-ring (bicyclic) bond motifs is 1. The molecule has 5 heteroatoms. The molecule has 0 radical (unpaired) electrons. The molecule has 4 nitrogen and oxygen atoms in total. The number of nitrogens with one attached hydrogen (secondary N) is 1. The van der Waals surface area contributed by atoms with E-state index in [4.69, 9.17) is 10.1 Å². The fourth-order valence-electron chi connectivity index (χ4n) is 3.50. The van der Waals surface area contributed by atoms with Crippen LogP contribution in [0.15, 0.2) is 48.5 Å². The maximum absolute atomic E-state index is 8.79. The zero-order chi connectivity index (χ0) is 19.2. The van der Waals surface area contributed by atoms with Crippen LogP contribution in [0.25, 0.3) is 10.2 Å². The molecule has 0 aliphatic carbocycles. The van der Waals surface area contributed by atoms with Crippen LogP contribution in [0.2, 0.25) is 0 Å². The maximum Gasteiger partial charge on any atom is 0.186 e. The molecule has 1 saturated heterocycles. The standard InChI is InChI=1S/C23H25N3OS/c27-15-4-3-6-18-10-12-19(13-11-18)16-24-20-7-5-14-26(17-20)23-25-21-8-1-2-9-22(21)28-23/h1-2,8-13,20,24,27H,4-5,7,14-17H2/t20-/m1/s1. The van der Waals surface area contributed by atoms with Crippen molar-refractivity contribution in [2.75, 3.05) is 24.6 Å². The van der Waals surface area contributed by atoms with Gasteiger partial charge in [-0.05, 0) is 42.7 Å². The summed E-state index contributed by atoms with van der Waals surface area (Å²) in [5.41, 5.74) is 3.36. The van der Waals surface area contributed by atoms with Gasteiger partial charge in [0.2, 0.25) is 0 Å². The molecule has 2 N–H and O–H groups in total. The van der Waals surface area contributed by atoms with Crippen LogP contribution in [-0.2, 0) is 6.54 Å². The molecule has 2 aromatic carbocycles. The number of aliphatic hydroxyl groups is 1. The fourth-order valence-corrected chi connectivity index (χ4v) is 4.50. The second-order valence-corrected chi connectivity index (χ2v) is 8.11. The first-order valence-corrected chi connectivity index (χ1v) is 10.7. The van der Waals surface area contributed by atoms with E-state index in [2.05, 4.69) is 70.6 Å². The van der Waals surface area contributed by atoms with Crippen molar-refractivity contribution in [3.05, 3.63) is 59.7 Å². The average molecular weight is 392 g/mol. The van der Waals surface area contributed by atoms with E-state index in [0.717, 1.165) is 35.8 Å². The van der Waals surface area contributed by atoms with E-state index in [1.165, 1.54) is 23.1 Å². The Hall–Kier alpha value is -2.39. The van der Waals surface area contributed by atoms with Gasteiger partial charge in [-0.1, -0.05) is 47.4 Å². The Balaban J connectivity index is 1.33. The molecular weight excluding hydrogens is 366 g/mol. The Labute approximate surface area is 170 Å². The quantitative estimate of drug-likeness (QED) is 0.650. The molecule has 0 spiro atoms. The highest BCUT2D eigenvalue weighted by Crippen LogP contribution is 2.30. The van der Waals surface area contributed by atoms with E-state index in [1.807, 2.05) is 0 Å². The highest BCUT2D eigenvalue weighted by molar-refractivity contribution is 7.22. The first kappa shape index (κ1) is 18.9. The molecule has 1 aromatic heterocycles. The molecule has 1 aliphatic heterocycles. The Morgan fingerprint density at radius 1 is 1.18 bits per heavy atom. The van der Waals surface area contributed by atoms with Crippen molar-refractivity contribution in [1.29, 1.82) is 0 Å². The zero-order valence-electron chi connectivity index (χ0n) is 15.9. The highest BCUT2D eigenvalue weighted by Gasteiger charge is 2.22. The predicted molar refractivity (Wildman–Crippen MR) is 117 cm³/mol. The van der Waals surface area contributed by atoms with Gasteiger partial charge in [-0.25, -0.2) is 4.98 Å². The summed E-state index contributed by atoms with van der Waals surface area (Å²) in [7, 11) is 0. The second kappa shape index (κ2) is 9.20. The average Bonchev–Trinajstić information content (AvgIpc) is 3.18. The summed E-state index contributed by atoms with van der Waals surface area (Å²) in [6, 6.07) is 17.2. The molecule has 144 valence electrons. The lowest BCUT2D eigenvalue weighted by molar-refractivity contribution is 0.305. The SMILES string of the molecule is OCCC#Cc1ccc(CN[C@@H]2CCCN(c3nc4ccccc4s3)C2)cc1. The van der Waals surface area contributed by atoms with Crippen LogP contribution in [0.1, 0.15) is 30.4 Å². The van der Waals surface area contributed by atoms with Gasteiger partial charge in [0.1, 0.15) is 0 Å². The van der Waals surface area contributed by atoms with E-state index in [0.29, 0.717) is 12.5 Å². The van der Waals surface area contributed by atoms with Gasteiger partial charge in [0.05, 0.1) is 16.8 Å². The topological polar surface area (TPSA) is 48.4 Å². The van der Waals surface area contributed by atoms with Crippen LogP contribution in [-0.4, -0.2) is 35.8 Å². The van der Waals surface area contributed by atoms with Crippen LogP contribution < -0.4 is 10.2 Å². The Bertz CT molecular complexity index is 938. The maximum atomic E-state index is 8.79.